The predicted molar refractivity (Wildman–Crippen MR) is 160 cm³/mol. The smallest absolute Gasteiger partial charge is 0.247 e. The quantitative estimate of drug-likeness (QED) is 0.192. The van der Waals surface area contributed by atoms with Gasteiger partial charge in [-0.15, -0.1) is 0 Å². The van der Waals surface area contributed by atoms with E-state index in [1.807, 2.05) is 0 Å². The summed E-state index contributed by atoms with van der Waals surface area (Å²) in [5.74, 6) is 0.255. The van der Waals surface area contributed by atoms with Crippen molar-refractivity contribution in [3.8, 4) is 11.5 Å². The van der Waals surface area contributed by atoms with Crippen LogP contribution in [0.3, 0.4) is 0 Å². The number of methoxy groups -OCH3 is 1. The molecule has 9 nitrogen and oxygen atoms in total. The summed E-state index contributed by atoms with van der Waals surface area (Å²) in [7, 11) is 1.51. The van der Waals surface area contributed by atoms with Gasteiger partial charge in [0.2, 0.25) is 11.8 Å². The lowest BCUT2D eigenvalue weighted by Crippen LogP contribution is -2.56. The summed E-state index contributed by atoms with van der Waals surface area (Å²) in [6.07, 6.45) is 12.9. The average molecular weight is 587 g/mol. The van der Waals surface area contributed by atoms with E-state index in [1.54, 1.807) is 23.1 Å². The molecule has 1 aliphatic heterocycles. The molecule has 2 aliphatic carbocycles. The van der Waals surface area contributed by atoms with Gasteiger partial charge in [0.15, 0.2) is 11.5 Å². The fourth-order valence-corrected chi connectivity index (χ4v) is 6.32. The van der Waals surface area contributed by atoms with E-state index < -0.39 is 24.2 Å². The maximum Gasteiger partial charge on any atom is 0.247 e. The van der Waals surface area contributed by atoms with Crippen LogP contribution < -0.4 is 14.8 Å². The van der Waals surface area contributed by atoms with E-state index in [4.69, 9.17) is 9.47 Å². The molecule has 3 aliphatic rings. The molecule has 1 aromatic carbocycles. The van der Waals surface area contributed by atoms with Crippen LogP contribution in [-0.2, 0) is 16.2 Å². The minimum Gasteiger partial charge on any atom is -0.493 e. The number of hydrogen-bond acceptors (Lipinski definition) is 7. The fraction of sp³-hybridized carbons (Fsp3) is 0.697. The maximum atomic E-state index is 13.7. The summed E-state index contributed by atoms with van der Waals surface area (Å²) in [6, 6.07) is 2.74. The van der Waals surface area contributed by atoms with Crippen molar-refractivity contribution in [3.05, 3.63) is 34.9 Å². The normalized spacial score (nSPS) is 22.5. The minimum absolute atomic E-state index is 0.00521. The van der Waals surface area contributed by atoms with Crippen LogP contribution in [0.5, 0.6) is 11.5 Å². The highest BCUT2D eigenvalue weighted by atomic mass is 16.5. The lowest BCUT2D eigenvalue weighted by Gasteiger charge is -2.41. The van der Waals surface area contributed by atoms with Crippen molar-refractivity contribution in [2.45, 2.75) is 115 Å². The highest BCUT2D eigenvalue weighted by Gasteiger charge is 2.51. The SMILES string of the molecule is CCCCCCCCCCCC(=O)N(CC1CC1)C1C=C(C(=O)NCCO)C2c3cc(CO)cc(OC)c3OC2C1O. The van der Waals surface area contributed by atoms with Crippen LogP contribution in [0.15, 0.2) is 23.8 Å². The monoisotopic (exact) mass is 586 g/mol. The van der Waals surface area contributed by atoms with E-state index in [0.717, 1.165) is 32.1 Å². The van der Waals surface area contributed by atoms with E-state index >= 15 is 0 Å². The van der Waals surface area contributed by atoms with Crippen molar-refractivity contribution in [2.75, 3.05) is 26.8 Å². The Morgan fingerprint density at radius 2 is 1.74 bits per heavy atom. The molecule has 1 fully saturated rings. The maximum absolute atomic E-state index is 13.7. The fourth-order valence-electron chi connectivity index (χ4n) is 6.32. The number of hydrogen-bond donors (Lipinski definition) is 4. The lowest BCUT2D eigenvalue weighted by atomic mass is 9.77. The van der Waals surface area contributed by atoms with Gasteiger partial charge in [0.1, 0.15) is 12.2 Å². The first kappa shape index (κ1) is 32.3. The third-order valence-electron chi connectivity index (χ3n) is 8.82. The second kappa shape index (κ2) is 15.7. The molecule has 1 saturated carbocycles. The number of unbranched alkanes of at least 4 members (excludes halogenated alkanes) is 8. The van der Waals surface area contributed by atoms with E-state index in [1.165, 1.54) is 45.6 Å². The molecule has 0 aromatic heterocycles. The van der Waals surface area contributed by atoms with Crippen molar-refractivity contribution >= 4 is 11.8 Å². The second-order valence-electron chi connectivity index (χ2n) is 12.1. The van der Waals surface area contributed by atoms with Gasteiger partial charge in [-0.25, -0.2) is 0 Å². The Balaban J connectivity index is 1.53. The number of fused-ring (bicyclic) bond motifs is 3. The second-order valence-corrected chi connectivity index (χ2v) is 12.1. The molecule has 0 radical (unpaired) electrons. The molecule has 2 amide bonds. The molecule has 1 aromatic rings. The van der Waals surface area contributed by atoms with Gasteiger partial charge in [0, 0.05) is 30.6 Å². The number of benzene rings is 1. The molecule has 42 heavy (non-hydrogen) atoms. The van der Waals surface area contributed by atoms with Crippen molar-refractivity contribution in [2.24, 2.45) is 5.92 Å². The first-order valence-corrected chi connectivity index (χ1v) is 16.0. The molecule has 9 heteroatoms. The third-order valence-corrected chi connectivity index (χ3v) is 8.82. The summed E-state index contributed by atoms with van der Waals surface area (Å²) in [5, 5.41) is 33.7. The highest BCUT2D eigenvalue weighted by molar-refractivity contribution is 5.96. The van der Waals surface area contributed by atoms with Crippen molar-refractivity contribution < 1.29 is 34.4 Å². The number of carbonyl (C=O) groups is 2. The number of aliphatic hydroxyl groups excluding tert-OH is 3. The lowest BCUT2D eigenvalue weighted by molar-refractivity contribution is -0.137. The largest absolute Gasteiger partial charge is 0.493 e. The van der Waals surface area contributed by atoms with Crippen LogP contribution in [0.4, 0.5) is 0 Å². The standard InChI is InChI=1S/C33H50N2O7/c1-3-4-5-6-7-8-9-10-11-12-28(38)35(20-22-13-14-22)26-19-25(33(40)34-15-16-36)29-24-17-23(21-37)18-27(41-2)31(24)42-32(29)30(26)39/h17-19,22,26,29-30,32,36-37,39H,3-16,20-21H2,1-2H3,(H,34,40). The van der Waals surface area contributed by atoms with Gasteiger partial charge in [-0.2, -0.15) is 0 Å². The van der Waals surface area contributed by atoms with Gasteiger partial charge >= 0.3 is 0 Å². The van der Waals surface area contributed by atoms with Crippen LogP contribution in [-0.4, -0.2) is 77.1 Å². The molecule has 234 valence electrons. The Kier molecular flexibility index (Phi) is 12.1. The van der Waals surface area contributed by atoms with E-state index in [-0.39, 0.29) is 31.6 Å². The summed E-state index contributed by atoms with van der Waals surface area (Å²) < 4.78 is 11.8. The summed E-state index contributed by atoms with van der Waals surface area (Å²) in [4.78, 5) is 28.9. The zero-order valence-corrected chi connectivity index (χ0v) is 25.4. The molecule has 0 spiro atoms. The Labute approximate surface area is 250 Å². The van der Waals surface area contributed by atoms with Gasteiger partial charge in [0.25, 0.3) is 0 Å². The number of aliphatic hydroxyl groups is 3. The van der Waals surface area contributed by atoms with Crippen molar-refractivity contribution in [1.82, 2.24) is 10.2 Å². The Bertz CT molecular complexity index is 1090. The Morgan fingerprint density at radius 3 is 2.36 bits per heavy atom. The molecule has 4 unspecified atom stereocenters. The zero-order valence-electron chi connectivity index (χ0n) is 25.4. The van der Waals surface area contributed by atoms with Crippen molar-refractivity contribution in [1.29, 1.82) is 0 Å². The highest BCUT2D eigenvalue weighted by Crippen LogP contribution is 2.51. The molecular weight excluding hydrogens is 536 g/mol. The Hall–Kier alpha value is -2.62. The first-order chi connectivity index (χ1) is 20.4. The summed E-state index contributed by atoms with van der Waals surface area (Å²) >= 11 is 0. The minimum atomic E-state index is -1.06. The van der Waals surface area contributed by atoms with Gasteiger partial charge in [0.05, 0.1) is 32.3 Å². The van der Waals surface area contributed by atoms with E-state index in [2.05, 4.69) is 12.2 Å². The number of nitrogens with one attached hydrogen (secondary N) is 1. The van der Waals surface area contributed by atoms with Gasteiger partial charge in [-0.1, -0.05) is 58.3 Å². The number of rotatable bonds is 18. The van der Waals surface area contributed by atoms with Crippen LogP contribution in [0.25, 0.3) is 0 Å². The molecule has 1 heterocycles. The van der Waals surface area contributed by atoms with Crippen LogP contribution in [0.1, 0.15) is 101 Å². The van der Waals surface area contributed by atoms with E-state index in [9.17, 15) is 24.9 Å². The number of carbonyl (C=O) groups excluding carboxylic acids is 2. The molecular formula is C33H50N2O7. The molecule has 4 rings (SSSR count). The van der Waals surface area contributed by atoms with E-state index in [0.29, 0.717) is 47.1 Å². The van der Waals surface area contributed by atoms with Crippen LogP contribution >= 0.6 is 0 Å². The van der Waals surface area contributed by atoms with Gasteiger partial charge in [-0.05, 0) is 49.0 Å². The van der Waals surface area contributed by atoms with Crippen LogP contribution in [0.2, 0.25) is 0 Å². The Morgan fingerprint density at radius 1 is 1.05 bits per heavy atom. The molecule has 4 N–H and O–H groups in total. The number of ether oxygens (including phenoxy) is 2. The summed E-state index contributed by atoms with van der Waals surface area (Å²) in [5.41, 5.74) is 1.64. The molecule has 0 bridgehead atoms. The number of amides is 2. The molecule has 0 saturated heterocycles. The topological polar surface area (TPSA) is 129 Å². The predicted octanol–water partition coefficient (Wildman–Crippen LogP) is 3.97. The van der Waals surface area contributed by atoms with Gasteiger partial charge < -0.3 is 35.0 Å². The zero-order chi connectivity index (χ0) is 30.1. The first-order valence-electron chi connectivity index (χ1n) is 16.0. The number of nitrogens with zero attached hydrogens (tertiary/aromatic N) is 1. The molecule has 4 atom stereocenters. The third kappa shape index (κ3) is 7.85. The van der Waals surface area contributed by atoms with Crippen LogP contribution in [0, 0.1) is 5.92 Å². The van der Waals surface area contributed by atoms with Crippen molar-refractivity contribution in [3.63, 3.8) is 0 Å². The van der Waals surface area contributed by atoms with Gasteiger partial charge in [-0.3, -0.25) is 9.59 Å². The summed E-state index contributed by atoms with van der Waals surface area (Å²) in [6.45, 7) is 2.42. The average Bonchev–Trinajstić information content (AvgIpc) is 3.74.